The van der Waals surface area contributed by atoms with E-state index >= 15 is 0 Å². The van der Waals surface area contributed by atoms with Crippen LogP contribution in [0.15, 0.2) is 36.4 Å². The quantitative estimate of drug-likeness (QED) is 0.716. The maximum atomic E-state index is 10.9. The molecule has 0 saturated heterocycles. The third-order valence-corrected chi connectivity index (χ3v) is 1.88. The van der Waals surface area contributed by atoms with Crippen molar-refractivity contribution >= 4 is 12.0 Å². The van der Waals surface area contributed by atoms with Gasteiger partial charge in [-0.3, -0.25) is 0 Å². The SMILES string of the molecule is O=C(OCC=Cc1ccccc1)C(O)CO. The molecular formula is C12H14O4. The second-order valence-corrected chi connectivity index (χ2v) is 3.14. The van der Waals surface area contributed by atoms with Crippen LogP contribution < -0.4 is 0 Å². The summed E-state index contributed by atoms with van der Waals surface area (Å²) in [6, 6.07) is 9.55. The summed E-state index contributed by atoms with van der Waals surface area (Å²) in [5.41, 5.74) is 1.00. The normalized spacial score (nSPS) is 12.6. The van der Waals surface area contributed by atoms with Crippen LogP contribution in [0.4, 0.5) is 0 Å². The van der Waals surface area contributed by atoms with E-state index in [9.17, 15) is 4.79 Å². The van der Waals surface area contributed by atoms with Crippen LogP contribution in [0.1, 0.15) is 5.56 Å². The molecule has 1 aromatic rings. The zero-order valence-corrected chi connectivity index (χ0v) is 8.74. The van der Waals surface area contributed by atoms with Crippen LogP contribution >= 0.6 is 0 Å². The average molecular weight is 222 g/mol. The fraction of sp³-hybridized carbons (Fsp3) is 0.250. The van der Waals surface area contributed by atoms with Gasteiger partial charge < -0.3 is 14.9 Å². The molecule has 1 rings (SSSR count). The van der Waals surface area contributed by atoms with Crippen LogP contribution in [0, 0.1) is 0 Å². The van der Waals surface area contributed by atoms with Crippen molar-refractivity contribution in [2.24, 2.45) is 0 Å². The lowest BCUT2D eigenvalue weighted by Crippen LogP contribution is -2.26. The van der Waals surface area contributed by atoms with Crippen molar-refractivity contribution in [2.45, 2.75) is 6.10 Å². The minimum absolute atomic E-state index is 0.0742. The first kappa shape index (κ1) is 12.4. The highest BCUT2D eigenvalue weighted by Gasteiger charge is 2.13. The number of carbonyl (C=O) groups excluding carboxylic acids is 1. The molecule has 0 bridgehead atoms. The van der Waals surface area contributed by atoms with Gasteiger partial charge in [-0.1, -0.05) is 36.4 Å². The van der Waals surface area contributed by atoms with E-state index in [4.69, 9.17) is 10.2 Å². The molecule has 4 heteroatoms. The number of esters is 1. The van der Waals surface area contributed by atoms with Crippen LogP contribution in [0.5, 0.6) is 0 Å². The summed E-state index contributed by atoms with van der Waals surface area (Å²) in [6.07, 6.45) is 2.01. The maximum Gasteiger partial charge on any atom is 0.337 e. The van der Waals surface area contributed by atoms with Gasteiger partial charge in [0, 0.05) is 0 Å². The van der Waals surface area contributed by atoms with E-state index in [0.29, 0.717) is 0 Å². The first-order valence-corrected chi connectivity index (χ1v) is 4.91. The number of aliphatic hydroxyl groups is 2. The number of aliphatic hydroxyl groups excluding tert-OH is 2. The first-order chi connectivity index (χ1) is 7.74. The molecule has 0 aromatic heterocycles. The molecule has 1 aromatic carbocycles. The molecular weight excluding hydrogens is 208 g/mol. The summed E-state index contributed by atoms with van der Waals surface area (Å²) in [4.78, 5) is 10.9. The zero-order valence-electron chi connectivity index (χ0n) is 8.74. The predicted molar refractivity (Wildman–Crippen MR) is 59.5 cm³/mol. The molecule has 0 aliphatic heterocycles. The van der Waals surface area contributed by atoms with Crippen LogP contribution in [-0.2, 0) is 9.53 Å². The highest BCUT2D eigenvalue weighted by atomic mass is 16.5. The molecule has 16 heavy (non-hydrogen) atoms. The second-order valence-electron chi connectivity index (χ2n) is 3.14. The summed E-state index contributed by atoms with van der Waals surface area (Å²) < 4.78 is 4.68. The largest absolute Gasteiger partial charge is 0.459 e. The molecule has 0 aliphatic carbocycles. The topological polar surface area (TPSA) is 66.8 Å². The van der Waals surface area contributed by atoms with Gasteiger partial charge in [0.15, 0.2) is 6.10 Å². The molecule has 2 N–H and O–H groups in total. The van der Waals surface area contributed by atoms with Crippen molar-refractivity contribution < 1.29 is 19.7 Å². The van der Waals surface area contributed by atoms with Gasteiger partial charge in [-0.25, -0.2) is 4.79 Å². The van der Waals surface area contributed by atoms with E-state index in [-0.39, 0.29) is 6.61 Å². The molecule has 86 valence electrons. The standard InChI is InChI=1S/C12H14O4/c13-9-11(14)12(15)16-8-4-7-10-5-2-1-3-6-10/h1-7,11,13-14H,8-9H2. The summed E-state index contributed by atoms with van der Waals surface area (Å²) in [6.45, 7) is -0.550. The molecule has 1 atom stereocenters. The zero-order chi connectivity index (χ0) is 11.8. The second kappa shape index (κ2) is 6.76. The van der Waals surface area contributed by atoms with Crippen LogP contribution in [0.25, 0.3) is 6.08 Å². The fourth-order valence-corrected chi connectivity index (χ4v) is 1.05. The van der Waals surface area contributed by atoms with Crippen molar-refractivity contribution in [1.29, 1.82) is 0 Å². The van der Waals surface area contributed by atoms with Crippen molar-refractivity contribution in [1.82, 2.24) is 0 Å². The molecule has 0 saturated carbocycles. The Bertz CT molecular complexity index is 345. The van der Waals surface area contributed by atoms with Gasteiger partial charge in [0.05, 0.1) is 6.61 Å². The van der Waals surface area contributed by atoms with Gasteiger partial charge in [0.2, 0.25) is 0 Å². The lowest BCUT2D eigenvalue weighted by Gasteiger charge is -2.05. The van der Waals surface area contributed by atoms with Gasteiger partial charge >= 0.3 is 5.97 Å². The Hall–Kier alpha value is -1.65. The van der Waals surface area contributed by atoms with Crippen LogP contribution in [0.3, 0.4) is 0 Å². The minimum atomic E-state index is -1.45. The fourth-order valence-electron chi connectivity index (χ4n) is 1.05. The molecule has 0 amide bonds. The minimum Gasteiger partial charge on any atom is -0.459 e. The Kier molecular flexibility index (Phi) is 5.25. The maximum absolute atomic E-state index is 10.9. The highest BCUT2D eigenvalue weighted by Crippen LogP contribution is 2.00. The third kappa shape index (κ3) is 4.25. The van der Waals surface area contributed by atoms with Gasteiger partial charge in [0.1, 0.15) is 6.61 Å². The van der Waals surface area contributed by atoms with Crippen molar-refractivity contribution in [3.05, 3.63) is 42.0 Å². The predicted octanol–water partition coefficient (Wildman–Crippen LogP) is 0.596. The summed E-state index contributed by atoms with van der Waals surface area (Å²) in [5, 5.41) is 17.4. The van der Waals surface area contributed by atoms with E-state index < -0.39 is 18.7 Å². The summed E-state index contributed by atoms with van der Waals surface area (Å²) in [7, 11) is 0. The Morgan fingerprint density at radius 1 is 1.38 bits per heavy atom. The molecule has 4 nitrogen and oxygen atoms in total. The van der Waals surface area contributed by atoms with Gasteiger partial charge in [-0.15, -0.1) is 0 Å². The Morgan fingerprint density at radius 2 is 2.06 bits per heavy atom. The molecule has 0 spiro atoms. The van der Waals surface area contributed by atoms with Crippen LogP contribution in [-0.4, -0.2) is 35.5 Å². The number of hydrogen-bond acceptors (Lipinski definition) is 4. The summed E-state index contributed by atoms with van der Waals surface area (Å²) >= 11 is 0. The number of benzene rings is 1. The molecule has 0 heterocycles. The number of carbonyl (C=O) groups is 1. The Labute approximate surface area is 93.8 Å². The molecule has 0 aliphatic rings. The van der Waals surface area contributed by atoms with Gasteiger partial charge in [-0.05, 0) is 11.6 Å². The summed E-state index contributed by atoms with van der Waals surface area (Å²) in [5.74, 6) is -0.819. The van der Waals surface area contributed by atoms with Crippen molar-refractivity contribution in [3.63, 3.8) is 0 Å². The van der Waals surface area contributed by atoms with Crippen molar-refractivity contribution in [2.75, 3.05) is 13.2 Å². The smallest absolute Gasteiger partial charge is 0.337 e. The molecule has 1 unspecified atom stereocenters. The number of ether oxygens (including phenoxy) is 1. The van der Waals surface area contributed by atoms with E-state index in [2.05, 4.69) is 4.74 Å². The highest BCUT2D eigenvalue weighted by molar-refractivity contribution is 5.74. The van der Waals surface area contributed by atoms with Crippen LogP contribution in [0.2, 0.25) is 0 Å². The van der Waals surface area contributed by atoms with E-state index in [1.807, 2.05) is 30.3 Å². The van der Waals surface area contributed by atoms with Gasteiger partial charge in [-0.2, -0.15) is 0 Å². The molecule has 0 fully saturated rings. The lowest BCUT2D eigenvalue weighted by atomic mass is 10.2. The van der Waals surface area contributed by atoms with E-state index in [0.717, 1.165) is 5.56 Å². The van der Waals surface area contributed by atoms with E-state index in [1.54, 1.807) is 12.2 Å². The first-order valence-electron chi connectivity index (χ1n) is 4.91. The lowest BCUT2D eigenvalue weighted by molar-refractivity contribution is -0.154. The number of rotatable bonds is 5. The monoisotopic (exact) mass is 222 g/mol. The Morgan fingerprint density at radius 3 is 2.69 bits per heavy atom. The molecule has 0 radical (unpaired) electrons. The number of hydrogen-bond donors (Lipinski definition) is 2. The van der Waals surface area contributed by atoms with Crippen molar-refractivity contribution in [3.8, 4) is 0 Å². The van der Waals surface area contributed by atoms with E-state index in [1.165, 1.54) is 0 Å². The Balaban J connectivity index is 2.31. The average Bonchev–Trinajstić information content (AvgIpc) is 2.34. The van der Waals surface area contributed by atoms with Gasteiger partial charge in [0.25, 0.3) is 0 Å². The third-order valence-electron chi connectivity index (χ3n) is 1.88.